The van der Waals surface area contributed by atoms with Crippen LogP contribution in [0.25, 0.3) is 0 Å². The van der Waals surface area contributed by atoms with E-state index in [1.807, 2.05) is 55.5 Å². The maximum Gasteiger partial charge on any atom is 0.228 e. The smallest absolute Gasteiger partial charge is 0.228 e. The van der Waals surface area contributed by atoms with E-state index in [1.165, 1.54) is 0 Å². The Morgan fingerprint density at radius 1 is 1.00 bits per heavy atom. The number of amides is 2. The molecule has 2 N–H and O–H groups in total. The minimum Gasteiger partial charge on any atom is -0.352 e. The zero-order valence-electron chi connectivity index (χ0n) is 14.7. The molecular formula is C21H24N2O2. The lowest BCUT2D eigenvalue weighted by Crippen LogP contribution is -2.27. The Balaban J connectivity index is 1.55. The van der Waals surface area contributed by atoms with Gasteiger partial charge < -0.3 is 10.6 Å². The highest BCUT2D eigenvalue weighted by atomic mass is 16.2. The van der Waals surface area contributed by atoms with Gasteiger partial charge in [-0.25, -0.2) is 0 Å². The van der Waals surface area contributed by atoms with Crippen molar-refractivity contribution in [2.45, 2.75) is 33.2 Å². The fourth-order valence-electron chi connectivity index (χ4n) is 3.11. The number of para-hydroxylation sites is 1. The van der Waals surface area contributed by atoms with E-state index in [9.17, 15) is 9.59 Å². The maximum atomic E-state index is 12.5. The number of hydrogen-bond donors (Lipinski definition) is 2. The van der Waals surface area contributed by atoms with Crippen molar-refractivity contribution in [3.8, 4) is 0 Å². The van der Waals surface area contributed by atoms with Crippen LogP contribution in [0.4, 0.5) is 5.69 Å². The Hall–Kier alpha value is -2.62. The second-order valence-corrected chi connectivity index (χ2v) is 6.60. The summed E-state index contributed by atoms with van der Waals surface area (Å²) in [6.07, 6.45) is 1.49. The molecule has 0 spiro atoms. The minimum absolute atomic E-state index is 0.0375. The first-order valence-electron chi connectivity index (χ1n) is 8.81. The highest BCUT2D eigenvalue weighted by Gasteiger charge is 2.48. The van der Waals surface area contributed by atoms with Gasteiger partial charge in [-0.05, 0) is 36.5 Å². The first kappa shape index (κ1) is 17.2. The van der Waals surface area contributed by atoms with Crippen LogP contribution in [0.5, 0.6) is 0 Å². The van der Waals surface area contributed by atoms with Crippen LogP contribution >= 0.6 is 0 Å². The maximum absolute atomic E-state index is 12.5. The summed E-state index contributed by atoms with van der Waals surface area (Å²) in [5.41, 5.74) is 4.13. The number of carbonyl (C=O) groups is 2. The van der Waals surface area contributed by atoms with Crippen molar-refractivity contribution in [2.24, 2.45) is 11.8 Å². The van der Waals surface area contributed by atoms with Gasteiger partial charge in [0.25, 0.3) is 0 Å². The van der Waals surface area contributed by atoms with Crippen LogP contribution in [0.2, 0.25) is 0 Å². The molecule has 2 atom stereocenters. The molecule has 0 bridgehead atoms. The molecule has 3 rings (SSSR count). The van der Waals surface area contributed by atoms with Crippen molar-refractivity contribution >= 4 is 17.5 Å². The summed E-state index contributed by atoms with van der Waals surface area (Å²) in [4.78, 5) is 24.7. The van der Waals surface area contributed by atoms with E-state index >= 15 is 0 Å². The lowest BCUT2D eigenvalue weighted by atomic mass is 10.1. The Labute approximate surface area is 148 Å². The summed E-state index contributed by atoms with van der Waals surface area (Å²) in [6, 6.07) is 15.8. The molecule has 25 heavy (non-hydrogen) atoms. The average Bonchev–Trinajstić information content (AvgIpc) is 3.43. The SMILES string of the molecule is CCc1cccc(C)c1NC(=O)C1CC1C(=O)NCc1ccccc1. The van der Waals surface area contributed by atoms with Crippen molar-refractivity contribution in [3.05, 3.63) is 65.2 Å². The molecule has 1 saturated carbocycles. The second kappa shape index (κ2) is 7.51. The number of aryl methyl sites for hydroxylation is 2. The molecule has 0 radical (unpaired) electrons. The van der Waals surface area contributed by atoms with Gasteiger partial charge in [0.15, 0.2) is 0 Å². The Kier molecular flexibility index (Phi) is 5.17. The molecule has 1 aliphatic rings. The molecule has 2 amide bonds. The molecule has 0 heterocycles. The summed E-state index contributed by atoms with van der Waals surface area (Å²) in [6.45, 7) is 4.56. The van der Waals surface area contributed by atoms with Crippen molar-refractivity contribution < 1.29 is 9.59 Å². The Morgan fingerprint density at radius 2 is 1.72 bits per heavy atom. The zero-order chi connectivity index (χ0) is 17.8. The molecule has 0 aromatic heterocycles. The van der Waals surface area contributed by atoms with Crippen LogP contribution in [0.15, 0.2) is 48.5 Å². The number of rotatable bonds is 6. The van der Waals surface area contributed by atoms with Gasteiger partial charge in [0.05, 0.1) is 11.8 Å². The van der Waals surface area contributed by atoms with Gasteiger partial charge in [0.2, 0.25) is 11.8 Å². The monoisotopic (exact) mass is 336 g/mol. The first-order valence-corrected chi connectivity index (χ1v) is 8.81. The molecular weight excluding hydrogens is 312 g/mol. The lowest BCUT2D eigenvalue weighted by molar-refractivity contribution is -0.125. The van der Waals surface area contributed by atoms with Crippen molar-refractivity contribution in [1.29, 1.82) is 0 Å². The second-order valence-electron chi connectivity index (χ2n) is 6.60. The first-order chi connectivity index (χ1) is 12.1. The summed E-state index contributed by atoms with van der Waals surface area (Å²) in [7, 11) is 0. The summed E-state index contributed by atoms with van der Waals surface area (Å²) in [5, 5.41) is 5.96. The van der Waals surface area contributed by atoms with Crippen molar-refractivity contribution in [2.75, 3.05) is 5.32 Å². The number of benzene rings is 2. The van der Waals surface area contributed by atoms with Gasteiger partial charge in [0.1, 0.15) is 0 Å². The van der Waals surface area contributed by atoms with Gasteiger partial charge in [-0.2, -0.15) is 0 Å². The topological polar surface area (TPSA) is 58.2 Å². The number of anilines is 1. The van der Waals surface area contributed by atoms with Gasteiger partial charge in [0, 0.05) is 12.2 Å². The van der Waals surface area contributed by atoms with Crippen molar-refractivity contribution in [1.82, 2.24) is 5.32 Å². The molecule has 2 aromatic rings. The van der Waals surface area contributed by atoms with E-state index in [0.29, 0.717) is 13.0 Å². The molecule has 4 nitrogen and oxygen atoms in total. The van der Waals surface area contributed by atoms with Crippen LogP contribution in [-0.4, -0.2) is 11.8 Å². The molecule has 4 heteroatoms. The highest BCUT2D eigenvalue weighted by molar-refractivity contribution is 6.00. The van der Waals surface area contributed by atoms with E-state index in [2.05, 4.69) is 17.6 Å². The summed E-state index contributed by atoms with van der Waals surface area (Å²) in [5.74, 6) is -0.522. The molecule has 1 fully saturated rings. The summed E-state index contributed by atoms with van der Waals surface area (Å²) < 4.78 is 0. The number of carbonyl (C=O) groups excluding carboxylic acids is 2. The van der Waals surface area contributed by atoms with Crippen LogP contribution < -0.4 is 10.6 Å². The van der Waals surface area contributed by atoms with E-state index in [1.54, 1.807) is 0 Å². The van der Waals surface area contributed by atoms with Crippen LogP contribution in [0.1, 0.15) is 30.0 Å². The van der Waals surface area contributed by atoms with Gasteiger partial charge in [-0.1, -0.05) is 55.5 Å². The predicted octanol–water partition coefficient (Wildman–Crippen LogP) is 3.45. The third-order valence-electron chi connectivity index (χ3n) is 4.76. The predicted molar refractivity (Wildman–Crippen MR) is 99.1 cm³/mol. The number of nitrogens with one attached hydrogen (secondary N) is 2. The van der Waals surface area contributed by atoms with Gasteiger partial charge >= 0.3 is 0 Å². The van der Waals surface area contributed by atoms with Crippen LogP contribution in [0, 0.1) is 18.8 Å². The Bertz CT molecular complexity index is 771. The van der Waals surface area contributed by atoms with Crippen LogP contribution in [0.3, 0.4) is 0 Å². The van der Waals surface area contributed by atoms with Crippen molar-refractivity contribution in [3.63, 3.8) is 0 Å². The van der Waals surface area contributed by atoms with Gasteiger partial charge in [-0.15, -0.1) is 0 Å². The third-order valence-corrected chi connectivity index (χ3v) is 4.76. The number of hydrogen-bond acceptors (Lipinski definition) is 2. The van der Waals surface area contributed by atoms with E-state index in [4.69, 9.17) is 0 Å². The molecule has 2 aromatic carbocycles. The van der Waals surface area contributed by atoms with E-state index < -0.39 is 0 Å². The summed E-state index contributed by atoms with van der Waals surface area (Å²) >= 11 is 0. The average molecular weight is 336 g/mol. The molecule has 2 unspecified atom stereocenters. The minimum atomic E-state index is -0.222. The largest absolute Gasteiger partial charge is 0.352 e. The lowest BCUT2D eigenvalue weighted by Gasteiger charge is -2.13. The van der Waals surface area contributed by atoms with Gasteiger partial charge in [-0.3, -0.25) is 9.59 Å². The molecule has 130 valence electrons. The fraction of sp³-hybridized carbons (Fsp3) is 0.333. The molecule has 0 aliphatic heterocycles. The standard InChI is InChI=1S/C21H24N2O2/c1-3-16-11-7-8-14(2)19(16)23-21(25)18-12-17(18)20(24)22-13-15-9-5-4-6-10-15/h4-11,17-18H,3,12-13H2,1-2H3,(H,22,24)(H,23,25). The Morgan fingerprint density at radius 3 is 2.44 bits per heavy atom. The fourth-order valence-corrected chi connectivity index (χ4v) is 3.11. The van der Waals surface area contributed by atoms with E-state index in [0.717, 1.165) is 28.8 Å². The molecule has 1 aliphatic carbocycles. The molecule has 0 saturated heterocycles. The van der Waals surface area contributed by atoms with E-state index in [-0.39, 0.29) is 23.7 Å². The normalized spacial score (nSPS) is 18.5. The van der Waals surface area contributed by atoms with Crippen LogP contribution in [-0.2, 0) is 22.6 Å². The third kappa shape index (κ3) is 4.08. The zero-order valence-corrected chi connectivity index (χ0v) is 14.7. The quantitative estimate of drug-likeness (QED) is 0.849. The highest BCUT2D eigenvalue weighted by Crippen LogP contribution is 2.40.